The molecule has 6 N–H and O–H groups in total. The molecule has 6 heterocycles. The zero-order valence-electron chi connectivity index (χ0n) is 116. The van der Waals surface area contributed by atoms with E-state index in [0.717, 1.165) is 28.4 Å². The van der Waals surface area contributed by atoms with Crippen molar-refractivity contribution in [3.8, 4) is 34.5 Å². The van der Waals surface area contributed by atoms with E-state index in [-0.39, 0.29) is 14.7 Å². The fraction of sp³-hybridized carbons (Fsp3) is 0.708. The van der Waals surface area contributed by atoms with Gasteiger partial charge in [0.25, 0.3) is 0 Å². The van der Waals surface area contributed by atoms with Gasteiger partial charge in [0.05, 0.1) is 67.2 Å². The maximum absolute atomic E-state index is 13.8. The Morgan fingerprint density at radius 3 is 0.967 bits per heavy atom. The van der Waals surface area contributed by atoms with Gasteiger partial charge in [-0.1, -0.05) is 82.7 Å². The first-order valence-corrected chi connectivity index (χ1v) is 26.8. The van der Waals surface area contributed by atoms with Crippen molar-refractivity contribution >= 4 is 17.9 Å². The monoisotopic (exact) mass is 1320 g/mol. The van der Waals surface area contributed by atoms with Gasteiger partial charge in [0.1, 0.15) is 36.4 Å². The Morgan fingerprint density at radius 2 is 0.733 bits per heavy atom. The lowest BCUT2D eigenvalue weighted by Crippen LogP contribution is -2.51. The zero-order valence-corrected chi connectivity index (χ0v) is 50.1. The van der Waals surface area contributed by atoms with E-state index in [1.807, 2.05) is 0 Å². The molecule has 3 aromatic carbocycles. The number of nitrogens with zero attached hydrogens (tertiary/aromatic N) is 3. The second-order valence-corrected chi connectivity index (χ2v) is 20.6. The fourth-order valence-corrected chi connectivity index (χ4v) is 8.57. The van der Waals surface area contributed by atoms with E-state index in [1.54, 1.807) is 0 Å². The standard InChI is InChI=1S/3C24H38N2O4/c3*1-14(2)9-17-13-26-8-7-16-10-21(28-5)22(29-6)11-18(16)19(26)12-20(17)30-24(27)23(25)15(3)4/h3*10-11,14-15,17,19-20,23H,7-9,12-13,25H2,1-6H3/t3*17?,19?,20?,23-/m000/s1/i2*3D3,4D3,5D3,7D2,8D2,10D,11D,12D2,13D2,15D,17D,19D,23D;3D3,4D3,7D2,8D2,10D,11D,12D2,13D2,15D,17D,19D,23D. The van der Waals surface area contributed by atoms with Crippen LogP contribution in [0.1, 0.15) is 263 Å². The molecule has 504 valence electrons. The maximum Gasteiger partial charge on any atom is 0.323 e. The van der Waals surface area contributed by atoms with Gasteiger partial charge >= 0.3 is 17.9 Å². The van der Waals surface area contributed by atoms with Crippen molar-refractivity contribution in [2.45, 2.75) is 195 Å². The van der Waals surface area contributed by atoms with Crippen LogP contribution in [0.25, 0.3) is 0 Å². The molecule has 12 atom stereocenters. The summed E-state index contributed by atoms with van der Waals surface area (Å²) in [5.74, 6) is -38.5. The molecule has 9 rings (SSSR count). The highest BCUT2D eigenvalue weighted by Crippen LogP contribution is 2.48. The number of hydrogen-bond acceptors (Lipinski definition) is 18. The van der Waals surface area contributed by atoms with E-state index in [4.69, 9.17) is 126 Å². The number of ether oxygens (including phenoxy) is 9. The van der Waals surface area contributed by atoms with Gasteiger partial charge in [-0.2, -0.15) is 0 Å². The van der Waals surface area contributed by atoms with Crippen molar-refractivity contribution in [3.05, 3.63) is 69.6 Å². The predicted molar refractivity (Wildman–Crippen MR) is 353 cm³/mol. The quantitative estimate of drug-likeness (QED) is 0.0666. The Bertz CT molecular complexity index is 5650. The summed E-state index contributed by atoms with van der Waals surface area (Å²) in [6.07, 6.45) is -35.1. The van der Waals surface area contributed by atoms with E-state index in [1.165, 1.54) is 41.5 Å². The van der Waals surface area contributed by atoms with Crippen molar-refractivity contribution in [2.24, 2.45) is 70.3 Å². The van der Waals surface area contributed by atoms with Crippen LogP contribution in [-0.4, -0.2) is 150 Å². The van der Waals surface area contributed by atoms with Crippen LogP contribution in [0.15, 0.2) is 36.3 Å². The summed E-state index contributed by atoms with van der Waals surface area (Å²) >= 11 is 0. The minimum absolute atomic E-state index is 0.255. The minimum Gasteiger partial charge on any atom is -0.493 e. The van der Waals surface area contributed by atoms with Gasteiger partial charge in [0.15, 0.2) is 34.5 Å². The van der Waals surface area contributed by atoms with Gasteiger partial charge in [0, 0.05) is 160 Å². The first-order chi connectivity index (χ1) is 68.3. The number of methoxy groups -OCH3 is 6. The molecule has 0 bridgehead atoms. The topological polar surface area (TPSA) is 222 Å². The highest BCUT2D eigenvalue weighted by atomic mass is 16.6. The molecule has 3 aromatic rings. The lowest BCUT2D eigenvalue weighted by Gasteiger charge is -2.47. The van der Waals surface area contributed by atoms with Crippen molar-refractivity contribution < 1.29 is 147 Å². The summed E-state index contributed by atoms with van der Waals surface area (Å²) in [5.41, 5.74) is 9.10. The van der Waals surface area contributed by atoms with Crippen LogP contribution in [0.4, 0.5) is 0 Å². The molecular weight excluding hydrogens is 1140 g/mol. The number of rotatable bonds is 21. The number of benzene rings is 3. The third-order valence-electron chi connectivity index (χ3n) is 12.6. The van der Waals surface area contributed by atoms with Gasteiger partial charge in [0.2, 0.25) is 0 Å². The average Bonchev–Trinajstić information content (AvgIpc) is 0.648. The summed E-state index contributed by atoms with van der Waals surface area (Å²) in [6, 6.07) is -31.6. The molecule has 0 aliphatic carbocycles. The minimum atomic E-state index is -4.23. The largest absolute Gasteiger partial charge is 0.493 e. The average molecular weight is 1320 g/mol. The fourth-order valence-electron chi connectivity index (χ4n) is 8.57. The molecule has 90 heavy (non-hydrogen) atoms. The Kier molecular flexibility index (Phi) is 8.70. The number of fused-ring (bicyclic) bond motifs is 9. The number of piperidine rings is 3. The Hall–Kier alpha value is -5.37. The molecule has 0 saturated carbocycles. The highest BCUT2D eigenvalue weighted by Gasteiger charge is 2.45. The number of carbonyl (C=O) groups is 3. The van der Waals surface area contributed by atoms with Crippen LogP contribution >= 0.6 is 0 Å². The summed E-state index contributed by atoms with van der Waals surface area (Å²) in [7, 11) is -3.22. The van der Waals surface area contributed by atoms with Gasteiger partial charge in [-0.25, -0.2) is 0 Å². The molecule has 0 aromatic heterocycles. The molecule has 18 heteroatoms. The first-order valence-electron chi connectivity index (χ1n) is 59.8. The van der Waals surface area contributed by atoms with E-state index < -0.39 is 381 Å². The molecule has 0 spiro atoms. The Balaban J connectivity index is 0.000000316. The normalized spacial score (nSPS) is 49.8. The summed E-state index contributed by atoms with van der Waals surface area (Å²) < 4.78 is 607. The van der Waals surface area contributed by atoms with Gasteiger partial charge in [-0.3, -0.25) is 29.1 Å². The van der Waals surface area contributed by atoms with Crippen LogP contribution in [0.2, 0.25) is 0 Å². The molecule has 0 radical (unpaired) electrons. The number of nitrogens with two attached hydrogens (primary N) is 3. The molecule has 9 unspecified atom stereocenters. The summed E-state index contributed by atoms with van der Waals surface area (Å²) in [6.45, 7) is -39.5. The van der Waals surface area contributed by atoms with Crippen LogP contribution in [0, 0.1) is 53.1 Å². The molecule has 0 amide bonds. The number of carbonyl (C=O) groups excluding carboxylic acids is 3. The van der Waals surface area contributed by atoms with Crippen LogP contribution in [0.5, 0.6) is 34.5 Å². The predicted octanol–water partition coefficient (Wildman–Crippen LogP) is 10.7. The second kappa shape index (κ2) is 32.5. The Morgan fingerprint density at radius 1 is 0.478 bits per heavy atom. The van der Waals surface area contributed by atoms with E-state index in [2.05, 4.69) is 0 Å². The summed E-state index contributed by atoms with van der Waals surface area (Å²) in [5, 5.41) is 0. The second-order valence-electron chi connectivity index (χ2n) is 20.6. The first kappa shape index (κ1) is 24.1. The summed E-state index contributed by atoms with van der Waals surface area (Å²) in [4.78, 5) is 40.4. The van der Waals surface area contributed by atoms with Crippen molar-refractivity contribution in [2.75, 3.05) is 81.5 Å². The number of hydrogen-bond donors (Lipinski definition) is 3. The molecule has 6 aliphatic heterocycles. The van der Waals surface area contributed by atoms with Crippen molar-refractivity contribution in [1.82, 2.24) is 14.7 Å². The van der Waals surface area contributed by atoms with Crippen LogP contribution in [-0.2, 0) is 47.7 Å². The zero-order chi connectivity index (χ0) is 124. The molecule has 3 fully saturated rings. The molecule has 18 nitrogen and oxygen atoms in total. The van der Waals surface area contributed by atoms with Crippen LogP contribution < -0.4 is 45.6 Å². The van der Waals surface area contributed by atoms with E-state index >= 15 is 0 Å². The maximum atomic E-state index is 13.8. The lowest BCUT2D eigenvalue weighted by molar-refractivity contribution is -0.161. The van der Waals surface area contributed by atoms with Crippen LogP contribution in [0.3, 0.4) is 0 Å². The third-order valence-corrected chi connectivity index (χ3v) is 12.6. The Labute approximate surface area is 632 Å². The highest BCUT2D eigenvalue weighted by molar-refractivity contribution is 5.77. The van der Waals surface area contributed by atoms with Crippen molar-refractivity contribution in [3.63, 3.8) is 0 Å². The number of esters is 3. The smallest absolute Gasteiger partial charge is 0.323 e. The van der Waals surface area contributed by atoms with Gasteiger partial charge < -0.3 is 59.8 Å². The van der Waals surface area contributed by atoms with Gasteiger partial charge in [-0.15, -0.1) is 0 Å². The SMILES string of the molecule is [2H]c1c(OC([2H])([2H])[2H])c(OC)c([2H])c2c1C([2H])([2H])C([2H])([2H])N1C([2H])([2H])C([2H])(CC(C)C)C(OC(=O)[C@@]([2H])(N)C([2H])(C([2H])([2H])[2H])C([2H])([2H])[2H])C([2H])([2H])C21[2H].[2H]c1c(OC([2H])([2H])[2H])c(OC)c([2H])c2c1C([2H])([2H])C([2H])([2H])N1C([2H])([2H])C([2H])(CC(C)C)C(OC(=O)[C@@]([2H])(N)C([2H])(C([2H])([2H])[2H])C([2H])([2H])[2H])C([2H])([2H])C21[2H].[2H]c1c(OC)c(OC)c([2H])c2c1C([2H])([2H])C([2H])([2H])N1C([2H])([2H])C([2H])(CC(C)C)C(OC(=O)[C@@]([2H])(N)C([2H])(C([2H])([2H])[2H])C([2H])([2H])[2H])C([2H])([2H])C21[2H]. The van der Waals surface area contributed by atoms with Crippen molar-refractivity contribution in [1.29, 1.82) is 0 Å². The third kappa shape index (κ3) is 17.5. The van der Waals surface area contributed by atoms with E-state index in [0.29, 0.717) is 0 Å². The van der Waals surface area contributed by atoms with Gasteiger partial charge in [-0.05, 0) is 143 Å². The molecule has 6 aliphatic rings. The lowest BCUT2D eigenvalue weighted by atomic mass is 9.79. The van der Waals surface area contributed by atoms with E-state index in [9.17, 15) is 39.1 Å². The molecular formula is C72H114N6O12. The molecule has 3 saturated heterocycles.